The van der Waals surface area contributed by atoms with E-state index < -0.39 is 0 Å². The normalized spacial score (nSPS) is 11.1. The highest BCUT2D eigenvalue weighted by Crippen LogP contribution is 2.35. The Morgan fingerprint density at radius 1 is 0.302 bits per heavy atom. The van der Waals surface area contributed by atoms with E-state index in [0.29, 0.717) is 17.5 Å². The number of aryl methyl sites for hydroxylation is 7. The highest BCUT2D eigenvalue weighted by atomic mass is 15.0. The zero-order chi connectivity index (χ0) is 30.2. The van der Waals surface area contributed by atoms with Crippen LogP contribution in [0.3, 0.4) is 0 Å². The first-order valence-electron chi connectivity index (χ1n) is 14.9. The summed E-state index contributed by atoms with van der Waals surface area (Å²) in [5.41, 5.74) is 16.5. The molecule has 0 N–H and O–H groups in total. The van der Waals surface area contributed by atoms with E-state index in [1.807, 2.05) is 0 Å². The number of rotatable bonds is 5. The summed E-state index contributed by atoms with van der Waals surface area (Å²) in [6, 6.07) is 34.7. The fourth-order valence-corrected chi connectivity index (χ4v) is 6.00. The Morgan fingerprint density at radius 3 is 0.860 bits per heavy atom. The molecule has 0 unspecified atom stereocenters. The third kappa shape index (κ3) is 5.76. The highest BCUT2D eigenvalue weighted by Gasteiger charge is 2.17. The summed E-state index contributed by atoms with van der Waals surface area (Å²) in [6.45, 7) is 15.0. The van der Waals surface area contributed by atoms with Crippen LogP contribution in [0.1, 0.15) is 38.9 Å². The second-order valence-corrected chi connectivity index (χ2v) is 11.9. The minimum atomic E-state index is 0.677. The van der Waals surface area contributed by atoms with Gasteiger partial charge in [0.05, 0.1) is 0 Å². The molecule has 212 valence electrons. The van der Waals surface area contributed by atoms with Crippen molar-refractivity contribution in [2.24, 2.45) is 0 Å². The molecule has 0 bridgehead atoms. The van der Waals surface area contributed by atoms with Gasteiger partial charge in [0.15, 0.2) is 17.5 Å². The van der Waals surface area contributed by atoms with Crippen LogP contribution in [0.15, 0.2) is 97.1 Å². The molecule has 0 saturated carbocycles. The first kappa shape index (κ1) is 28.2. The quantitative estimate of drug-likeness (QED) is 0.211. The van der Waals surface area contributed by atoms with Crippen molar-refractivity contribution in [3.05, 3.63) is 136 Å². The largest absolute Gasteiger partial charge is 0.208 e. The predicted octanol–water partition coefficient (Wildman–Crippen LogP) is 10.4. The van der Waals surface area contributed by atoms with Gasteiger partial charge in [0.25, 0.3) is 0 Å². The van der Waals surface area contributed by atoms with Crippen molar-refractivity contribution in [1.29, 1.82) is 0 Å². The van der Waals surface area contributed by atoms with Crippen molar-refractivity contribution in [3.8, 4) is 56.4 Å². The summed E-state index contributed by atoms with van der Waals surface area (Å²) < 4.78 is 0. The molecule has 0 aliphatic carbocycles. The average molecular weight is 560 g/mol. The van der Waals surface area contributed by atoms with Crippen molar-refractivity contribution in [2.75, 3.05) is 0 Å². The number of benzene rings is 5. The number of nitrogens with zero attached hydrogens (tertiary/aromatic N) is 3. The number of hydrogen-bond donors (Lipinski definition) is 0. The molecular formula is C40H37N3. The van der Waals surface area contributed by atoms with Crippen LogP contribution in [0.2, 0.25) is 0 Å². The van der Waals surface area contributed by atoms with E-state index in [9.17, 15) is 0 Å². The summed E-state index contributed by atoms with van der Waals surface area (Å²) in [6.07, 6.45) is 0. The summed E-state index contributed by atoms with van der Waals surface area (Å²) in [5.74, 6) is 2.04. The van der Waals surface area contributed by atoms with Gasteiger partial charge >= 0.3 is 0 Å². The third-order valence-electron chi connectivity index (χ3n) is 8.21. The minimum Gasteiger partial charge on any atom is -0.208 e. The van der Waals surface area contributed by atoms with Gasteiger partial charge in [-0.25, -0.2) is 15.0 Å². The summed E-state index contributed by atoms with van der Waals surface area (Å²) >= 11 is 0. The molecular weight excluding hydrogens is 522 g/mol. The zero-order valence-electron chi connectivity index (χ0n) is 26.1. The molecule has 5 aromatic carbocycles. The van der Waals surface area contributed by atoms with Crippen molar-refractivity contribution < 1.29 is 0 Å². The maximum absolute atomic E-state index is 5.09. The van der Waals surface area contributed by atoms with Crippen molar-refractivity contribution in [3.63, 3.8) is 0 Å². The van der Waals surface area contributed by atoms with E-state index in [2.05, 4.69) is 146 Å². The van der Waals surface area contributed by atoms with Crippen molar-refractivity contribution in [2.45, 2.75) is 48.5 Å². The summed E-state index contributed by atoms with van der Waals surface area (Å²) in [7, 11) is 0. The molecule has 0 saturated heterocycles. The van der Waals surface area contributed by atoms with Crippen LogP contribution in [0.5, 0.6) is 0 Å². The first-order valence-corrected chi connectivity index (χ1v) is 14.9. The summed E-state index contributed by atoms with van der Waals surface area (Å²) in [4.78, 5) is 15.1. The molecule has 1 aromatic heterocycles. The molecule has 0 amide bonds. The van der Waals surface area contributed by atoms with Gasteiger partial charge in [-0.1, -0.05) is 89.5 Å². The Kier molecular flexibility index (Phi) is 7.50. The molecule has 1 heterocycles. The van der Waals surface area contributed by atoms with Crippen LogP contribution in [0.4, 0.5) is 0 Å². The van der Waals surface area contributed by atoms with Gasteiger partial charge in [0, 0.05) is 16.7 Å². The smallest absolute Gasteiger partial charge is 0.164 e. The minimum absolute atomic E-state index is 0.677. The average Bonchev–Trinajstić information content (AvgIpc) is 2.98. The maximum Gasteiger partial charge on any atom is 0.164 e. The van der Waals surface area contributed by atoms with Crippen molar-refractivity contribution >= 4 is 0 Å². The van der Waals surface area contributed by atoms with E-state index in [4.69, 9.17) is 15.0 Å². The lowest BCUT2D eigenvalue weighted by Gasteiger charge is -2.15. The van der Waals surface area contributed by atoms with Gasteiger partial charge < -0.3 is 0 Å². The predicted molar refractivity (Wildman–Crippen MR) is 180 cm³/mol. The Bertz CT molecular complexity index is 1780. The van der Waals surface area contributed by atoms with E-state index in [0.717, 1.165) is 16.7 Å². The molecule has 0 radical (unpaired) electrons. The lowest BCUT2D eigenvalue weighted by atomic mass is 9.92. The van der Waals surface area contributed by atoms with Crippen molar-refractivity contribution in [1.82, 2.24) is 15.0 Å². The Morgan fingerprint density at radius 2 is 0.558 bits per heavy atom. The third-order valence-corrected chi connectivity index (χ3v) is 8.21. The van der Waals surface area contributed by atoms with Gasteiger partial charge in [-0.2, -0.15) is 0 Å². The zero-order valence-corrected chi connectivity index (χ0v) is 26.1. The molecule has 0 atom stereocenters. The number of aromatic nitrogens is 3. The van der Waals surface area contributed by atoms with E-state index in [1.165, 1.54) is 61.2 Å². The molecule has 0 aliphatic heterocycles. The molecule has 3 nitrogen and oxygen atoms in total. The highest BCUT2D eigenvalue weighted by molar-refractivity contribution is 5.78. The molecule has 0 aliphatic rings. The topological polar surface area (TPSA) is 38.7 Å². The standard InChI is InChI=1S/C40H37N3/c1-24-8-14-31(15-9-24)36-27(4)20-34(21-28(36)5)39-41-38(33-18-12-26(3)13-19-33)42-40(43-39)35-22-29(6)37(30(7)23-35)32-16-10-25(2)11-17-32/h8-23H,1-7H3. The Labute approximate surface area is 255 Å². The SMILES string of the molecule is Cc1ccc(-c2nc(-c3cc(C)c(-c4ccc(C)cc4)c(C)c3)nc(-c3cc(C)c(-c4ccc(C)cc4)c(C)c3)n2)cc1. The second kappa shape index (κ2) is 11.4. The van der Waals surface area contributed by atoms with Gasteiger partial charge in [0.1, 0.15) is 0 Å². The molecule has 43 heavy (non-hydrogen) atoms. The van der Waals surface area contributed by atoms with E-state index in [-0.39, 0.29) is 0 Å². The monoisotopic (exact) mass is 559 g/mol. The maximum atomic E-state index is 5.09. The molecule has 3 heteroatoms. The first-order chi connectivity index (χ1) is 20.7. The van der Waals surface area contributed by atoms with Crippen LogP contribution in [-0.2, 0) is 0 Å². The van der Waals surface area contributed by atoms with Crippen LogP contribution >= 0.6 is 0 Å². The van der Waals surface area contributed by atoms with Crippen LogP contribution in [0.25, 0.3) is 56.4 Å². The fraction of sp³-hybridized carbons (Fsp3) is 0.175. The van der Waals surface area contributed by atoms with Gasteiger partial charge in [-0.05, 0) is 117 Å². The van der Waals surface area contributed by atoms with Gasteiger partial charge in [0.2, 0.25) is 0 Å². The lowest BCUT2D eigenvalue weighted by molar-refractivity contribution is 1.07. The number of hydrogen-bond acceptors (Lipinski definition) is 3. The van der Waals surface area contributed by atoms with Crippen LogP contribution < -0.4 is 0 Å². The van der Waals surface area contributed by atoms with Gasteiger partial charge in [-0.15, -0.1) is 0 Å². The van der Waals surface area contributed by atoms with Crippen LogP contribution in [0, 0.1) is 48.5 Å². The molecule has 6 aromatic rings. The Hall–Kier alpha value is -4.89. The van der Waals surface area contributed by atoms with Gasteiger partial charge in [-0.3, -0.25) is 0 Å². The molecule has 0 spiro atoms. The van der Waals surface area contributed by atoms with Crippen LogP contribution in [-0.4, -0.2) is 15.0 Å². The summed E-state index contributed by atoms with van der Waals surface area (Å²) in [5, 5.41) is 0. The van der Waals surface area contributed by atoms with E-state index >= 15 is 0 Å². The Balaban J connectivity index is 1.50. The second-order valence-electron chi connectivity index (χ2n) is 11.9. The lowest BCUT2D eigenvalue weighted by Crippen LogP contribution is -2.02. The molecule has 6 rings (SSSR count). The van der Waals surface area contributed by atoms with E-state index in [1.54, 1.807) is 0 Å². The fourth-order valence-electron chi connectivity index (χ4n) is 6.00. The molecule has 0 fully saturated rings.